The van der Waals surface area contributed by atoms with Crippen molar-refractivity contribution in [3.8, 4) is 22.6 Å². The van der Waals surface area contributed by atoms with E-state index in [9.17, 15) is 9.59 Å². The molecule has 1 atom stereocenters. The Morgan fingerprint density at radius 1 is 1.07 bits per heavy atom. The summed E-state index contributed by atoms with van der Waals surface area (Å²) in [7, 11) is 2.96. The van der Waals surface area contributed by atoms with E-state index >= 15 is 0 Å². The van der Waals surface area contributed by atoms with Gasteiger partial charge in [0, 0.05) is 34.3 Å². The molecular weight excluding hydrogens is 605 g/mol. The number of carbonyl (C=O) groups is 2. The molecule has 238 valence electrons. The number of rotatable bonds is 13. The van der Waals surface area contributed by atoms with Gasteiger partial charge in [-0.1, -0.05) is 43.6 Å². The number of aromatic nitrogens is 3. The molecule has 0 fully saturated rings. The van der Waals surface area contributed by atoms with Gasteiger partial charge in [-0.15, -0.1) is 0 Å². The summed E-state index contributed by atoms with van der Waals surface area (Å²) in [5, 5.41) is 9.60. The van der Waals surface area contributed by atoms with E-state index in [-0.39, 0.29) is 21.8 Å². The van der Waals surface area contributed by atoms with E-state index < -0.39 is 17.6 Å². The fourth-order valence-corrected chi connectivity index (χ4v) is 5.29. The maximum absolute atomic E-state index is 13.0. The Morgan fingerprint density at radius 3 is 2.25 bits per heavy atom. The summed E-state index contributed by atoms with van der Waals surface area (Å²) in [6.07, 6.45) is 4.25. The number of ether oxygens (including phenoxy) is 2. The van der Waals surface area contributed by atoms with Gasteiger partial charge in [-0.2, -0.15) is 0 Å². The first-order valence-electron chi connectivity index (χ1n) is 14.4. The highest BCUT2D eigenvalue weighted by Gasteiger charge is 2.25. The molecule has 0 spiro atoms. The van der Waals surface area contributed by atoms with Gasteiger partial charge < -0.3 is 25.0 Å². The molecule has 3 N–H and O–H groups in total. The number of nitrogens with one attached hydrogen (secondary N) is 3. The fraction of sp³-hybridized carbons (Fsp3) is 0.452. The number of benzene rings is 1. The van der Waals surface area contributed by atoms with Crippen molar-refractivity contribution in [2.24, 2.45) is 0 Å². The lowest BCUT2D eigenvalue weighted by Crippen LogP contribution is -2.43. The van der Waals surface area contributed by atoms with Gasteiger partial charge in [-0.25, -0.2) is 19.7 Å². The summed E-state index contributed by atoms with van der Waals surface area (Å²) in [5.41, 5.74) is 0.531. The molecule has 2 heterocycles. The number of pyridine rings is 1. The Hall–Kier alpha value is -3.67. The average Bonchev–Trinajstić information content (AvgIpc) is 2.97. The van der Waals surface area contributed by atoms with Crippen LogP contribution < -0.4 is 25.4 Å². The smallest absolute Gasteiger partial charge is 0.320 e. The van der Waals surface area contributed by atoms with E-state index in [1.165, 1.54) is 20.3 Å². The highest BCUT2D eigenvalue weighted by atomic mass is 35.5. The van der Waals surface area contributed by atoms with Gasteiger partial charge in [-0.05, 0) is 65.4 Å². The maximum atomic E-state index is 13.0. The maximum Gasteiger partial charge on any atom is 0.320 e. The molecule has 0 saturated carbocycles. The largest absolute Gasteiger partial charge is 0.495 e. The van der Waals surface area contributed by atoms with Gasteiger partial charge >= 0.3 is 6.03 Å². The number of amides is 3. The summed E-state index contributed by atoms with van der Waals surface area (Å²) < 4.78 is 10.9. The SMILES string of the molecule is C=CC(=O)NC(CCCN(CC)CC)c1ncc2cc(-c3c(Cl)c(OC)cc(OC)c3Cl)c(NC(=O)NC(C)(C)C)nc2n1. The summed E-state index contributed by atoms with van der Waals surface area (Å²) >= 11 is 13.5. The van der Waals surface area contributed by atoms with Gasteiger partial charge in [0.15, 0.2) is 11.5 Å². The van der Waals surface area contributed by atoms with Crippen molar-refractivity contribution in [2.45, 2.75) is 59.0 Å². The predicted molar refractivity (Wildman–Crippen MR) is 176 cm³/mol. The van der Waals surface area contributed by atoms with Crippen LogP contribution >= 0.6 is 23.2 Å². The van der Waals surface area contributed by atoms with Gasteiger partial charge in [-0.3, -0.25) is 10.1 Å². The van der Waals surface area contributed by atoms with Crippen LogP contribution in [-0.4, -0.2) is 71.2 Å². The molecule has 44 heavy (non-hydrogen) atoms. The topological polar surface area (TPSA) is 131 Å². The van der Waals surface area contributed by atoms with Gasteiger partial charge in [0.2, 0.25) is 5.91 Å². The van der Waals surface area contributed by atoms with Crippen molar-refractivity contribution in [1.82, 2.24) is 30.5 Å². The molecule has 2 aromatic heterocycles. The Labute approximate surface area is 268 Å². The molecule has 13 heteroatoms. The predicted octanol–water partition coefficient (Wildman–Crippen LogP) is 6.40. The van der Waals surface area contributed by atoms with Crippen molar-refractivity contribution in [3.05, 3.63) is 46.9 Å². The minimum absolute atomic E-state index is 0.149. The van der Waals surface area contributed by atoms with Crippen molar-refractivity contribution in [2.75, 3.05) is 39.2 Å². The number of halogens is 2. The minimum Gasteiger partial charge on any atom is -0.495 e. The lowest BCUT2D eigenvalue weighted by molar-refractivity contribution is -0.117. The quantitative estimate of drug-likeness (QED) is 0.182. The molecule has 0 aliphatic heterocycles. The zero-order valence-corrected chi connectivity index (χ0v) is 27.8. The van der Waals surface area contributed by atoms with Crippen molar-refractivity contribution in [3.63, 3.8) is 0 Å². The molecule has 1 aromatic carbocycles. The zero-order chi connectivity index (χ0) is 32.6. The first kappa shape index (κ1) is 34.8. The third kappa shape index (κ3) is 8.71. The fourth-order valence-electron chi connectivity index (χ4n) is 4.59. The first-order chi connectivity index (χ1) is 20.8. The number of nitrogens with zero attached hydrogens (tertiary/aromatic N) is 4. The number of hydrogen-bond donors (Lipinski definition) is 3. The van der Waals surface area contributed by atoms with Crippen molar-refractivity contribution >= 4 is 52.0 Å². The summed E-state index contributed by atoms with van der Waals surface area (Å²) in [6, 6.07) is 2.35. The second-order valence-corrected chi connectivity index (χ2v) is 11.8. The van der Waals surface area contributed by atoms with Crippen LogP contribution in [0.3, 0.4) is 0 Å². The van der Waals surface area contributed by atoms with E-state index in [1.54, 1.807) is 18.3 Å². The molecule has 1 unspecified atom stereocenters. The average molecular weight is 647 g/mol. The lowest BCUT2D eigenvalue weighted by atomic mass is 10.0. The number of fused-ring (bicyclic) bond motifs is 1. The number of methoxy groups -OCH3 is 2. The second-order valence-electron chi connectivity index (χ2n) is 11.1. The monoisotopic (exact) mass is 645 g/mol. The van der Waals surface area contributed by atoms with Crippen LogP contribution in [0.15, 0.2) is 31.0 Å². The standard InChI is InChI=1S/C31H41Cl2N7O4/c1-9-23(41)35-20(13-12-14-40(10-2)11-3)29-34-17-18-15-19(24-25(32)21(43-7)16-22(44-8)26(24)33)28(36-27(18)37-29)38-30(42)39-31(4,5)6/h9,15-17,20H,1,10-14H2,2-8H3,(H,35,41)(H2,34,36,37,38,39,42). The normalized spacial score (nSPS) is 12.1. The zero-order valence-electron chi connectivity index (χ0n) is 26.3. The van der Waals surface area contributed by atoms with Gasteiger partial charge in [0.1, 0.15) is 17.3 Å². The second kappa shape index (κ2) is 15.4. The first-order valence-corrected chi connectivity index (χ1v) is 15.1. The molecule has 0 bridgehead atoms. The summed E-state index contributed by atoms with van der Waals surface area (Å²) in [6.45, 7) is 16.1. The molecule has 0 aliphatic carbocycles. The summed E-state index contributed by atoms with van der Waals surface area (Å²) in [5.74, 6) is 0.852. The van der Waals surface area contributed by atoms with Crippen molar-refractivity contribution < 1.29 is 19.1 Å². The lowest BCUT2D eigenvalue weighted by Gasteiger charge is -2.22. The molecule has 0 aliphatic rings. The third-order valence-electron chi connectivity index (χ3n) is 6.83. The van der Waals surface area contributed by atoms with E-state index in [1.807, 2.05) is 20.8 Å². The minimum atomic E-state index is -0.521. The molecule has 3 aromatic rings. The highest BCUT2D eigenvalue weighted by Crippen LogP contribution is 2.48. The van der Waals surface area contributed by atoms with E-state index in [4.69, 9.17) is 42.6 Å². The highest BCUT2D eigenvalue weighted by molar-refractivity contribution is 6.41. The van der Waals surface area contributed by atoms with Crippen LogP contribution in [0.4, 0.5) is 10.6 Å². The van der Waals surface area contributed by atoms with Gasteiger partial charge in [0.25, 0.3) is 0 Å². The van der Waals surface area contributed by atoms with Gasteiger partial charge in [0.05, 0.1) is 30.3 Å². The Morgan fingerprint density at radius 2 is 1.70 bits per heavy atom. The van der Waals surface area contributed by atoms with E-state index in [0.717, 1.165) is 26.1 Å². The molecule has 0 radical (unpaired) electrons. The molecular formula is C31H41Cl2N7O4. The molecule has 3 rings (SSSR count). The molecule has 11 nitrogen and oxygen atoms in total. The number of urea groups is 1. The number of anilines is 1. The van der Waals surface area contributed by atoms with E-state index in [0.29, 0.717) is 45.9 Å². The van der Waals surface area contributed by atoms with Crippen LogP contribution in [-0.2, 0) is 4.79 Å². The Bertz CT molecular complexity index is 1480. The molecule has 3 amide bonds. The summed E-state index contributed by atoms with van der Waals surface area (Å²) in [4.78, 5) is 41.7. The van der Waals surface area contributed by atoms with E-state index in [2.05, 4.69) is 46.3 Å². The van der Waals surface area contributed by atoms with Crippen LogP contribution in [0.25, 0.3) is 22.2 Å². The van der Waals surface area contributed by atoms with Crippen LogP contribution in [0.1, 0.15) is 59.3 Å². The van der Waals surface area contributed by atoms with Crippen molar-refractivity contribution in [1.29, 1.82) is 0 Å². The Balaban J connectivity index is 2.18. The number of hydrogen-bond acceptors (Lipinski definition) is 8. The third-order valence-corrected chi connectivity index (χ3v) is 7.58. The Kier molecular flexibility index (Phi) is 12.2. The number of carbonyl (C=O) groups excluding carboxylic acids is 2. The van der Waals surface area contributed by atoms with Crippen LogP contribution in [0, 0.1) is 0 Å². The van der Waals surface area contributed by atoms with Crippen LogP contribution in [0.5, 0.6) is 11.5 Å². The molecule has 0 saturated heterocycles. The van der Waals surface area contributed by atoms with Crippen LogP contribution in [0.2, 0.25) is 10.0 Å².